The highest BCUT2D eigenvalue weighted by molar-refractivity contribution is 7.80. The van der Waals surface area contributed by atoms with E-state index in [9.17, 15) is 53.4 Å². The van der Waals surface area contributed by atoms with Crippen molar-refractivity contribution in [3.63, 3.8) is 0 Å². The van der Waals surface area contributed by atoms with Crippen molar-refractivity contribution in [1.29, 1.82) is 0 Å². The maximum absolute atomic E-state index is 14.0. The van der Waals surface area contributed by atoms with Gasteiger partial charge >= 0.3 is 0 Å². The second kappa shape index (κ2) is 31.0. The molecule has 0 aromatic heterocycles. The summed E-state index contributed by atoms with van der Waals surface area (Å²) in [6.07, 6.45) is -0.770. The monoisotopic (exact) mass is 1050 g/mol. The summed E-state index contributed by atoms with van der Waals surface area (Å²) >= 11 is 8.40. The molecule has 1 saturated heterocycles. The Morgan fingerprint density at radius 1 is 0.667 bits per heavy atom. The number of hydrogen-bond acceptors (Lipinski definition) is 15. The van der Waals surface area contributed by atoms with E-state index in [2.05, 4.69) is 72.5 Å². The number of guanidine groups is 2. The molecule has 1 aromatic rings. The molecular formula is C44H73N15O11S2. The van der Waals surface area contributed by atoms with Crippen LogP contribution in [0.2, 0.25) is 0 Å². The summed E-state index contributed by atoms with van der Waals surface area (Å²) in [5, 5.41) is 38.3. The standard InChI is InChI=1S/C44H73N15O11S2/c1-22(2)18-30(56-38(66)31(20-71)52-24(4)61)42(70)59-17-7-10-33(59)40(68)58-34(23(3)60)41(69)54-28(9-6-16-51-44(48)49)37(65)57-32(21-72)39(67)53-27(8-5-15-50-43(46)47)36(64)55-29(35(45)63)19-25-11-13-26(62)14-12-25/h11-14,22-23,27-34,60,62,71-72H,5-10,15-21H2,1-4H3,(H2,45,63)(H,52,61)(H,53,67)(H,54,69)(H,55,64)(H,56,66)(H,57,65)(H,58,68)(H4,46,47,50)(H4,48,49,51)/t23-,27+,28+,29+,30+,31-,32+,33+,34+/m1/s1. The van der Waals surface area contributed by atoms with Crippen molar-refractivity contribution in [2.24, 2.45) is 44.6 Å². The van der Waals surface area contributed by atoms with Gasteiger partial charge in [-0.05, 0) is 75.5 Å². The zero-order valence-electron chi connectivity index (χ0n) is 41.0. The molecule has 19 N–H and O–H groups in total. The van der Waals surface area contributed by atoms with E-state index in [0.29, 0.717) is 12.0 Å². The Morgan fingerprint density at radius 3 is 1.58 bits per heavy atom. The number of nitrogens with zero attached hydrogens (tertiary/aromatic N) is 3. The number of rotatable bonds is 30. The number of primary amides is 1. The lowest BCUT2D eigenvalue weighted by molar-refractivity contribution is -0.143. The van der Waals surface area contributed by atoms with E-state index in [4.69, 9.17) is 28.7 Å². The van der Waals surface area contributed by atoms with Crippen molar-refractivity contribution in [3.05, 3.63) is 29.8 Å². The third-order valence-corrected chi connectivity index (χ3v) is 11.8. The van der Waals surface area contributed by atoms with Crippen molar-refractivity contribution >= 4 is 90.3 Å². The second-order valence-corrected chi connectivity index (χ2v) is 18.4. The molecule has 1 fully saturated rings. The fourth-order valence-electron chi connectivity index (χ4n) is 7.47. The first-order chi connectivity index (χ1) is 33.9. The first kappa shape index (κ1) is 61.6. The van der Waals surface area contributed by atoms with E-state index < -0.39 is 108 Å². The topological polar surface area (TPSA) is 436 Å². The number of aromatic hydroxyl groups is 1. The third kappa shape index (κ3) is 21.4. The molecule has 26 nitrogen and oxygen atoms in total. The first-order valence-corrected chi connectivity index (χ1v) is 24.6. The van der Waals surface area contributed by atoms with Crippen molar-refractivity contribution in [3.8, 4) is 5.75 Å². The number of hydrogen-bond donors (Lipinski definition) is 16. The molecule has 9 amide bonds. The summed E-state index contributed by atoms with van der Waals surface area (Å²) in [6, 6.07) is -4.53. The Labute approximate surface area is 429 Å². The van der Waals surface area contributed by atoms with Gasteiger partial charge in [0.25, 0.3) is 0 Å². The summed E-state index contributed by atoms with van der Waals surface area (Å²) < 4.78 is 0. The Hall–Kier alpha value is -6.55. The molecule has 0 radical (unpaired) electrons. The lowest BCUT2D eigenvalue weighted by atomic mass is 10.0. The van der Waals surface area contributed by atoms with Gasteiger partial charge < -0.3 is 81.0 Å². The maximum atomic E-state index is 14.0. The van der Waals surface area contributed by atoms with Gasteiger partial charge in [0.15, 0.2) is 11.9 Å². The van der Waals surface area contributed by atoms with Crippen LogP contribution >= 0.6 is 25.3 Å². The number of benzene rings is 1. The molecule has 1 aromatic carbocycles. The van der Waals surface area contributed by atoms with Crippen LogP contribution in [0.1, 0.15) is 78.2 Å². The number of phenols is 1. The fraction of sp³-hybridized carbons (Fsp3) is 0.614. The van der Waals surface area contributed by atoms with Gasteiger partial charge in [0, 0.05) is 44.5 Å². The van der Waals surface area contributed by atoms with Gasteiger partial charge in [-0.1, -0.05) is 26.0 Å². The molecule has 2 rings (SSSR count). The molecule has 0 saturated carbocycles. The molecule has 1 aliphatic heterocycles. The number of carbonyl (C=O) groups excluding carboxylic acids is 9. The molecule has 28 heteroatoms. The van der Waals surface area contributed by atoms with Crippen LogP contribution in [-0.4, -0.2) is 166 Å². The molecule has 402 valence electrons. The predicted molar refractivity (Wildman–Crippen MR) is 274 cm³/mol. The van der Waals surface area contributed by atoms with Crippen LogP contribution in [0.5, 0.6) is 5.75 Å². The van der Waals surface area contributed by atoms with E-state index in [0.717, 1.165) is 0 Å². The van der Waals surface area contributed by atoms with Crippen LogP contribution < -0.4 is 65.9 Å². The zero-order valence-corrected chi connectivity index (χ0v) is 42.8. The minimum Gasteiger partial charge on any atom is -0.508 e. The van der Waals surface area contributed by atoms with E-state index in [1.165, 1.54) is 43.0 Å². The van der Waals surface area contributed by atoms with Crippen molar-refractivity contribution in [2.75, 3.05) is 31.1 Å². The smallest absolute Gasteiger partial charge is 0.245 e. The third-order valence-electron chi connectivity index (χ3n) is 11.1. The maximum Gasteiger partial charge on any atom is 0.245 e. The number of nitrogens with two attached hydrogens (primary N) is 5. The van der Waals surface area contributed by atoms with Gasteiger partial charge in [-0.25, -0.2) is 0 Å². The predicted octanol–water partition coefficient (Wildman–Crippen LogP) is -4.78. The van der Waals surface area contributed by atoms with Crippen LogP contribution in [0, 0.1) is 5.92 Å². The quantitative estimate of drug-likeness (QED) is 0.0149. The highest BCUT2D eigenvalue weighted by Gasteiger charge is 2.41. The first-order valence-electron chi connectivity index (χ1n) is 23.4. The highest BCUT2D eigenvalue weighted by atomic mass is 32.1. The highest BCUT2D eigenvalue weighted by Crippen LogP contribution is 2.21. The minimum atomic E-state index is -1.68. The van der Waals surface area contributed by atoms with Crippen LogP contribution in [-0.2, 0) is 49.6 Å². The molecule has 0 spiro atoms. The van der Waals surface area contributed by atoms with Gasteiger partial charge in [-0.15, -0.1) is 0 Å². The number of aliphatic hydroxyl groups excluding tert-OH is 1. The van der Waals surface area contributed by atoms with Gasteiger partial charge in [0.2, 0.25) is 53.2 Å². The summed E-state index contributed by atoms with van der Waals surface area (Å²) in [6.45, 7) is 6.33. The van der Waals surface area contributed by atoms with Crippen molar-refractivity contribution in [2.45, 2.75) is 134 Å². The summed E-state index contributed by atoms with van der Waals surface area (Å²) in [5.74, 6) is -7.98. The Morgan fingerprint density at radius 2 is 1.12 bits per heavy atom. The Balaban J connectivity index is 2.34. The lowest BCUT2D eigenvalue weighted by Crippen LogP contribution is -2.62. The number of nitrogens with one attached hydrogen (secondary N) is 7. The van der Waals surface area contributed by atoms with Crippen molar-refractivity contribution < 1.29 is 53.4 Å². The number of thiol groups is 2. The second-order valence-electron chi connectivity index (χ2n) is 17.6. The fourth-order valence-corrected chi connectivity index (χ4v) is 7.98. The van der Waals surface area contributed by atoms with E-state index >= 15 is 0 Å². The van der Waals surface area contributed by atoms with Crippen LogP contribution in [0.4, 0.5) is 0 Å². The lowest BCUT2D eigenvalue weighted by Gasteiger charge is -2.31. The van der Waals surface area contributed by atoms with E-state index in [1.807, 2.05) is 13.8 Å². The van der Waals surface area contributed by atoms with E-state index in [1.54, 1.807) is 0 Å². The average Bonchev–Trinajstić information content (AvgIpc) is 3.80. The molecule has 1 heterocycles. The van der Waals surface area contributed by atoms with E-state index in [-0.39, 0.29) is 99.7 Å². The average molecular weight is 1050 g/mol. The van der Waals surface area contributed by atoms with Crippen molar-refractivity contribution in [1.82, 2.24) is 42.1 Å². The van der Waals surface area contributed by atoms with Crippen LogP contribution in [0.25, 0.3) is 0 Å². The number of likely N-dealkylation sites (tertiary alicyclic amines) is 1. The summed E-state index contributed by atoms with van der Waals surface area (Å²) in [5.41, 5.74) is 28.0. The number of amides is 9. The number of aliphatic imine (C=N–C) groups is 2. The molecule has 1 aliphatic rings. The number of aliphatic hydroxyl groups is 1. The number of phenolic OH excluding ortho intramolecular Hbond substituents is 1. The Kier molecular flexibility index (Phi) is 26.5. The SMILES string of the molecule is CC(=O)N[C@H](CS)C(=O)N[C@@H](CC(C)C)C(=O)N1CCC[C@H]1C(=O)N[C@H](C(=O)N[C@@H](CCCN=C(N)N)C(=O)N[C@@H](CS)C(=O)N[C@@H](CCCN=C(N)N)C(=O)N[C@@H](Cc1ccc(O)cc1)C(N)=O)[C@@H](C)O. The largest absolute Gasteiger partial charge is 0.508 e. The normalized spacial score (nSPS) is 16.4. The van der Waals surface area contributed by atoms with Gasteiger partial charge in [-0.3, -0.25) is 53.1 Å². The Bertz CT molecular complexity index is 2090. The molecule has 0 unspecified atom stereocenters. The van der Waals surface area contributed by atoms with Gasteiger partial charge in [0.05, 0.1) is 6.10 Å². The number of carbonyl (C=O) groups is 9. The molecule has 72 heavy (non-hydrogen) atoms. The zero-order chi connectivity index (χ0) is 54.2. The van der Waals surface area contributed by atoms with Gasteiger partial charge in [-0.2, -0.15) is 25.3 Å². The summed E-state index contributed by atoms with van der Waals surface area (Å²) in [7, 11) is 0. The molecule has 9 atom stereocenters. The molecule has 0 aliphatic carbocycles. The van der Waals surface area contributed by atoms with Crippen LogP contribution in [0.15, 0.2) is 34.3 Å². The molecular weight excluding hydrogens is 979 g/mol. The molecule has 0 bridgehead atoms. The minimum absolute atomic E-state index is 0.0110. The van der Waals surface area contributed by atoms with Gasteiger partial charge in [0.1, 0.15) is 54.1 Å². The summed E-state index contributed by atoms with van der Waals surface area (Å²) in [4.78, 5) is 130. The van der Waals surface area contributed by atoms with Crippen LogP contribution in [0.3, 0.4) is 0 Å².